The molecule has 0 saturated carbocycles. The van der Waals surface area contributed by atoms with Crippen LogP contribution in [0.5, 0.6) is 5.75 Å². The first-order valence-electron chi connectivity index (χ1n) is 10.8. The minimum absolute atomic E-state index is 0. The maximum absolute atomic E-state index is 13.8. The fourth-order valence-corrected chi connectivity index (χ4v) is 5.05. The summed E-state index contributed by atoms with van der Waals surface area (Å²) in [6, 6.07) is 14.7. The summed E-state index contributed by atoms with van der Waals surface area (Å²) in [6.07, 6.45) is 4.01. The quantitative estimate of drug-likeness (QED) is 0.546. The first kappa shape index (κ1) is 22.6. The van der Waals surface area contributed by atoms with Crippen LogP contribution in [-0.2, 0) is 16.1 Å². The SMILES string of the molecule is O=C(NO)c1ccc2c(c1)OC[C@H](c1ccccc1)N(C(=O)C1CC3CCC(C1)O3)C2.S. The van der Waals surface area contributed by atoms with Crippen molar-refractivity contribution in [3.05, 3.63) is 65.2 Å². The molecule has 8 heteroatoms. The fraction of sp³-hybridized carbons (Fsp3) is 0.417. The molecule has 7 nitrogen and oxygen atoms in total. The number of carbonyl (C=O) groups excluding carboxylic acids is 2. The molecule has 2 aromatic carbocycles. The molecule has 0 aliphatic carbocycles. The van der Waals surface area contributed by atoms with Crippen LogP contribution in [0.3, 0.4) is 0 Å². The highest BCUT2D eigenvalue weighted by atomic mass is 32.1. The monoisotopic (exact) mass is 456 g/mol. The number of nitrogens with zero attached hydrogens (tertiary/aromatic N) is 1. The normalized spacial score (nSPS) is 26.2. The van der Waals surface area contributed by atoms with Gasteiger partial charge in [-0.25, -0.2) is 5.48 Å². The van der Waals surface area contributed by atoms with Crippen molar-refractivity contribution in [3.63, 3.8) is 0 Å². The van der Waals surface area contributed by atoms with Gasteiger partial charge in [0.25, 0.3) is 5.91 Å². The lowest BCUT2D eigenvalue weighted by Crippen LogP contribution is -2.42. The summed E-state index contributed by atoms with van der Waals surface area (Å²) in [5.41, 5.74) is 3.82. The molecule has 2 bridgehead atoms. The van der Waals surface area contributed by atoms with Gasteiger partial charge in [0.15, 0.2) is 0 Å². The predicted octanol–water partition coefficient (Wildman–Crippen LogP) is 3.34. The number of ether oxygens (including phenoxy) is 2. The van der Waals surface area contributed by atoms with Gasteiger partial charge in [-0.05, 0) is 43.4 Å². The molecular weight excluding hydrogens is 428 g/mol. The zero-order valence-corrected chi connectivity index (χ0v) is 18.7. The maximum atomic E-state index is 13.8. The molecule has 3 aliphatic heterocycles. The van der Waals surface area contributed by atoms with Crippen molar-refractivity contribution in [1.82, 2.24) is 10.4 Å². The number of amides is 2. The molecule has 170 valence electrons. The summed E-state index contributed by atoms with van der Waals surface area (Å²) < 4.78 is 12.0. The first-order chi connectivity index (χ1) is 15.1. The Hall–Kier alpha value is -2.55. The Morgan fingerprint density at radius 1 is 1.03 bits per heavy atom. The number of hydroxylamine groups is 1. The van der Waals surface area contributed by atoms with Crippen molar-refractivity contribution in [2.75, 3.05) is 6.61 Å². The zero-order chi connectivity index (χ0) is 21.4. The Morgan fingerprint density at radius 2 is 1.75 bits per heavy atom. The maximum Gasteiger partial charge on any atom is 0.274 e. The van der Waals surface area contributed by atoms with Crippen LogP contribution in [0, 0.1) is 5.92 Å². The minimum Gasteiger partial charge on any atom is -0.491 e. The molecule has 0 radical (unpaired) electrons. The minimum atomic E-state index is -0.596. The van der Waals surface area contributed by atoms with E-state index < -0.39 is 5.91 Å². The second-order valence-corrected chi connectivity index (χ2v) is 8.59. The predicted molar refractivity (Wildman–Crippen MR) is 122 cm³/mol. The molecular formula is C24H28N2O5S. The van der Waals surface area contributed by atoms with E-state index in [4.69, 9.17) is 14.7 Å². The van der Waals surface area contributed by atoms with E-state index in [0.29, 0.717) is 24.5 Å². The van der Waals surface area contributed by atoms with Crippen molar-refractivity contribution in [2.24, 2.45) is 5.92 Å². The number of nitrogens with one attached hydrogen (secondary N) is 1. The molecule has 5 rings (SSSR count). The summed E-state index contributed by atoms with van der Waals surface area (Å²) in [5, 5.41) is 8.94. The smallest absolute Gasteiger partial charge is 0.274 e. The summed E-state index contributed by atoms with van der Waals surface area (Å²) in [4.78, 5) is 27.5. The van der Waals surface area contributed by atoms with Crippen molar-refractivity contribution < 1.29 is 24.3 Å². The molecule has 3 aliphatic rings. The van der Waals surface area contributed by atoms with E-state index in [9.17, 15) is 9.59 Å². The average Bonchev–Trinajstić information content (AvgIpc) is 3.04. The van der Waals surface area contributed by atoms with E-state index in [1.165, 1.54) is 0 Å². The lowest BCUT2D eigenvalue weighted by Gasteiger charge is -2.35. The van der Waals surface area contributed by atoms with E-state index in [2.05, 4.69) is 0 Å². The van der Waals surface area contributed by atoms with Gasteiger partial charge in [-0.3, -0.25) is 14.8 Å². The summed E-state index contributed by atoms with van der Waals surface area (Å²) in [7, 11) is 0. The molecule has 2 amide bonds. The molecule has 0 aromatic heterocycles. The summed E-state index contributed by atoms with van der Waals surface area (Å²) in [6.45, 7) is 0.699. The highest BCUT2D eigenvalue weighted by Crippen LogP contribution is 2.39. The van der Waals surface area contributed by atoms with Crippen LogP contribution in [-0.4, -0.2) is 40.7 Å². The van der Waals surface area contributed by atoms with Crippen LogP contribution in [0.25, 0.3) is 0 Å². The largest absolute Gasteiger partial charge is 0.491 e. The van der Waals surface area contributed by atoms with Gasteiger partial charge in [-0.15, -0.1) is 0 Å². The fourth-order valence-electron chi connectivity index (χ4n) is 5.05. The lowest BCUT2D eigenvalue weighted by atomic mass is 9.92. The molecule has 3 heterocycles. The number of hydrogen-bond donors (Lipinski definition) is 2. The van der Waals surface area contributed by atoms with Gasteiger partial charge in [-0.2, -0.15) is 13.5 Å². The van der Waals surface area contributed by atoms with Gasteiger partial charge in [0.1, 0.15) is 12.4 Å². The Kier molecular flexibility index (Phi) is 6.74. The van der Waals surface area contributed by atoms with Crippen molar-refractivity contribution >= 4 is 25.3 Å². The van der Waals surface area contributed by atoms with Crippen LogP contribution >= 0.6 is 13.5 Å². The Balaban J connectivity index is 0.00000245. The average molecular weight is 457 g/mol. The van der Waals surface area contributed by atoms with E-state index in [-0.39, 0.29) is 43.6 Å². The molecule has 32 heavy (non-hydrogen) atoms. The van der Waals surface area contributed by atoms with Gasteiger partial charge >= 0.3 is 0 Å². The van der Waals surface area contributed by atoms with Crippen molar-refractivity contribution in [3.8, 4) is 5.75 Å². The Labute approximate surface area is 194 Å². The standard InChI is InChI=1S/C24H26N2O5.H2S/c27-23(25-29)16-6-7-17-13-26(24(28)18-10-19-8-9-20(11-18)31-19)21(14-30-22(17)12-16)15-4-2-1-3-5-15;/h1-7,12,18-21,29H,8-11,13-14H2,(H,25,27);1H2/t18?,19?,20?,21-;/m1./s1. The van der Waals surface area contributed by atoms with Crippen molar-refractivity contribution in [2.45, 2.75) is 50.5 Å². The van der Waals surface area contributed by atoms with E-state index in [1.807, 2.05) is 35.2 Å². The molecule has 2 N–H and O–H groups in total. The Morgan fingerprint density at radius 3 is 2.44 bits per heavy atom. The number of benzene rings is 2. The first-order valence-corrected chi connectivity index (χ1v) is 10.8. The van der Waals surface area contributed by atoms with Crippen LogP contribution < -0.4 is 10.2 Å². The lowest BCUT2D eigenvalue weighted by molar-refractivity contribution is -0.145. The van der Waals surface area contributed by atoms with Gasteiger partial charge < -0.3 is 14.4 Å². The van der Waals surface area contributed by atoms with Gasteiger partial charge in [0.05, 0.1) is 24.8 Å². The zero-order valence-electron chi connectivity index (χ0n) is 17.7. The van der Waals surface area contributed by atoms with E-state index in [1.54, 1.807) is 23.7 Å². The molecule has 2 saturated heterocycles. The second kappa shape index (κ2) is 9.52. The van der Waals surface area contributed by atoms with Crippen LogP contribution in [0.15, 0.2) is 48.5 Å². The summed E-state index contributed by atoms with van der Waals surface area (Å²) in [5.74, 6) is 0.0615. The number of hydrogen-bond acceptors (Lipinski definition) is 5. The molecule has 2 unspecified atom stereocenters. The molecule has 3 atom stereocenters. The van der Waals surface area contributed by atoms with Gasteiger partial charge in [-0.1, -0.05) is 36.4 Å². The number of fused-ring (bicyclic) bond motifs is 3. The van der Waals surface area contributed by atoms with Crippen molar-refractivity contribution in [1.29, 1.82) is 0 Å². The molecule has 2 aromatic rings. The summed E-state index contributed by atoms with van der Waals surface area (Å²) >= 11 is 0. The highest BCUT2D eigenvalue weighted by Gasteiger charge is 2.41. The van der Waals surface area contributed by atoms with Gasteiger partial charge in [0, 0.05) is 17.0 Å². The second-order valence-electron chi connectivity index (χ2n) is 8.59. The number of carbonyl (C=O) groups is 2. The van der Waals surface area contributed by atoms with Crippen LogP contribution in [0.4, 0.5) is 0 Å². The third kappa shape index (κ3) is 4.35. The molecule has 0 spiro atoms. The third-order valence-corrected chi connectivity index (χ3v) is 6.65. The third-order valence-electron chi connectivity index (χ3n) is 6.65. The number of rotatable bonds is 3. The van der Waals surface area contributed by atoms with E-state index in [0.717, 1.165) is 36.8 Å². The Bertz CT molecular complexity index is 974. The van der Waals surface area contributed by atoms with Crippen LogP contribution in [0.1, 0.15) is 53.2 Å². The molecule has 2 fully saturated rings. The highest BCUT2D eigenvalue weighted by molar-refractivity contribution is 7.59. The topological polar surface area (TPSA) is 88.1 Å². The van der Waals surface area contributed by atoms with Crippen LogP contribution in [0.2, 0.25) is 0 Å². The van der Waals surface area contributed by atoms with E-state index >= 15 is 0 Å². The van der Waals surface area contributed by atoms with Gasteiger partial charge in [0.2, 0.25) is 5.91 Å².